The predicted molar refractivity (Wildman–Crippen MR) is 97.7 cm³/mol. The van der Waals surface area contributed by atoms with Crippen molar-refractivity contribution in [3.63, 3.8) is 0 Å². The molecule has 0 saturated carbocycles. The Labute approximate surface area is 146 Å². The van der Waals surface area contributed by atoms with E-state index >= 15 is 0 Å². The average molecular weight is 340 g/mol. The van der Waals surface area contributed by atoms with E-state index in [2.05, 4.69) is 0 Å². The monoisotopic (exact) mass is 340 g/mol. The number of hydrogen-bond donors (Lipinski definition) is 0. The van der Waals surface area contributed by atoms with Gasteiger partial charge >= 0.3 is 0 Å². The number of rotatable bonds is 5. The van der Waals surface area contributed by atoms with Crippen molar-refractivity contribution in [1.29, 1.82) is 0 Å². The van der Waals surface area contributed by atoms with E-state index in [1.165, 1.54) is 0 Å². The minimum absolute atomic E-state index is 0.0195. The Morgan fingerprint density at radius 3 is 1.56 bits per heavy atom. The van der Waals surface area contributed by atoms with Crippen LogP contribution in [0.25, 0.3) is 21.5 Å². The molecule has 0 aromatic heterocycles. The summed E-state index contributed by atoms with van der Waals surface area (Å²) in [6.07, 6.45) is 0. The molecular formula is C20H20O5. The summed E-state index contributed by atoms with van der Waals surface area (Å²) < 4.78 is 21.6. The van der Waals surface area contributed by atoms with Crippen LogP contribution in [0.15, 0.2) is 30.3 Å². The van der Waals surface area contributed by atoms with Gasteiger partial charge in [0.2, 0.25) is 0 Å². The number of carbonyl (C=O) groups excluding carboxylic acids is 1. The normalized spacial score (nSPS) is 10.8. The lowest BCUT2D eigenvalue weighted by molar-refractivity contribution is 0.101. The summed E-state index contributed by atoms with van der Waals surface area (Å²) in [7, 11) is 6.35. The molecule has 0 fully saturated rings. The van der Waals surface area contributed by atoms with E-state index in [9.17, 15) is 4.79 Å². The molecule has 0 atom stereocenters. The maximum Gasteiger partial charge on any atom is 0.161 e. The van der Waals surface area contributed by atoms with E-state index in [4.69, 9.17) is 18.9 Å². The summed E-state index contributed by atoms with van der Waals surface area (Å²) in [5.41, 5.74) is 0.621. The molecular weight excluding hydrogens is 320 g/mol. The van der Waals surface area contributed by atoms with Crippen LogP contribution in [0.3, 0.4) is 0 Å². The Morgan fingerprint density at radius 2 is 1.08 bits per heavy atom. The van der Waals surface area contributed by atoms with Crippen LogP contribution in [0.5, 0.6) is 23.0 Å². The van der Waals surface area contributed by atoms with E-state index in [1.54, 1.807) is 35.4 Å². The fourth-order valence-corrected chi connectivity index (χ4v) is 3.10. The van der Waals surface area contributed by atoms with Crippen molar-refractivity contribution in [3.05, 3.63) is 35.9 Å². The topological polar surface area (TPSA) is 54.0 Å². The summed E-state index contributed by atoms with van der Waals surface area (Å²) in [4.78, 5) is 12.2. The molecule has 0 aliphatic heterocycles. The van der Waals surface area contributed by atoms with E-state index in [0.717, 1.165) is 21.5 Å². The molecule has 0 radical (unpaired) electrons. The van der Waals surface area contributed by atoms with Crippen LogP contribution in [-0.2, 0) is 0 Å². The van der Waals surface area contributed by atoms with Gasteiger partial charge in [0.15, 0.2) is 28.8 Å². The fraction of sp³-hybridized carbons (Fsp3) is 0.250. The van der Waals surface area contributed by atoms with Gasteiger partial charge in [0.1, 0.15) is 0 Å². The van der Waals surface area contributed by atoms with Crippen molar-refractivity contribution < 1.29 is 23.7 Å². The lowest BCUT2D eigenvalue weighted by Crippen LogP contribution is -1.98. The highest BCUT2D eigenvalue weighted by Gasteiger charge is 2.16. The zero-order valence-electron chi connectivity index (χ0n) is 14.9. The number of methoxy groups -OCH3 is 4. The summed E-state index contributed by atoms with van der Waals surface area (Å²) in [5, 5.41) is 3.53. The molecule has 0 amide bonds. The van der Waals surface area contributed by atoms with E-state index in [1.807, 2.05) is 30.3 Å². The highest BCUT2D eigenvalue weighted by molar-refractivity contribution is 6.18. The Bertz CT molecular complexity index is 975. The van der Waals surface area contributed by atoms with Crippen molar-refractivity contribution >= 4 is 27.3 Å². The number of carbonyl (C=O) groups is 1. The van der Waals surface area contributed by atoms with Crippen molar-refractivity contribution in [1.82, 2.24) is 0 Å². The lowest BCUT2D eigenvalue weighted by atomic mass is 9.94. The maximum atomic E-state index is 12.2. The smallest absolute Gasteiger partial charge is 0.161 e. The summed E-state index contributed by atoms with van der Waals surface area (Å²) in [6, 6.07) is 9.37. The Kier molecular flexibility index (Phi) is 4.40. The Morgan fingerprint density at radius 1 is 0.640 bits per heavy atom. The molecule has 5 heteroatoms. The molecule has 5 nitrogen and oxygen atoms in total. The predicted octanol–water partition coefficient (Wildman–Crippen LogP) is 4.23. The molecule has 3 aromatic rings. The van der Waals surface area contributed by atoms with Crippen LogP contribution < -0.4 is 18.9 Å². The van der Waals surface area contributed by atoms with E-state index in [-0.39, 0.29) is 5.78 Å². The van der Waals surface area contributed by atoms with E-state index in [0.29, 0.717) is 28.6 Å². The second-order valence-electron chi connectivity index (χ2n) is 5.66. The van der Waals surface area contributed by atoms with Crippen LogP contribution in [0.4, 0.5) is 0 Å². The average Bonchev–Trinajstić information content (AvgIpc) is 2.64. The third kappa shape index (κ3) is 2.71. The quantitative estimate of drug-likeness (QED) is 0.514. The fourth-order valence-electron chi connectivity index (χ4n) is 3.10. The molecule has 0 N–H and O–H groups in total. The Hall–Kier alpha value is -2.95. The number of benzene rings is 3. The van der Waals surface area contributed by atoms with Gasteiger partial charge in [-0.15, -0.1) is 0 Å². The second-order valence-corrected chi connectivity index (χ2v) is 5.66. The molecule has 25 heavy (non-hydrogen) atoms. The van der Waals surface area contributed by atoms with Gasteiger partial charge in [-0.25, -0.2) is 0 Å². The van der Waals surface area contributed by atoms with Crippen LogP contribution in [0, 0.1) is 0 Å². The molecule has 3 rings (SSSR count). The molecule has 0 saturated heterocycles. The van der Waals surface area contributed by atoms with Crippen LogP contribution in [0.2, 0.25) is 0 Å². The first-order valence-electron chi connectivity index (χ1n) is 7.79. The third-order valence-electron chi connectivity index (χ3n) is 4.34. The van der Waals surface area contributed by atoms with Crippen molar-refractivity contribution in [2.75, 3.05) is 28.4 Å². The van der Waals surface area contributed by atoms with Gasteiger partial charge in [0, 0.05) is 5.56 Å². The highest BCUT2D eigenvalue weighted by atomic mass is 16.5. The number of fused-ring (bicyclic) bond motifs is 3. The highest BCUT2D eigenvalue weighted by Crippen LogP contribution is 2.41. The van der Waals surface area contributed by atoms with Gasteiger partial charge in [-0.05, 0) is 58.8 Å². The number of ketones is 1. The van der Waals surface area contributed by atoms with Gasteiger partial charge in [-0.1, -0.05) is 0 Å². The Balaban J connectivity index is 2.51. The second kappa shape index (κ2) is 6.51. The minimum Gasteiger partial charge on any atom is -0.493 e. The molecule has 130 valence electrons. The standard InChI is InChI=1S/C20H20O5/c1-11(21)13-6-12-7-17(22-2)18(23-3)8-14(12)16-10-20(25-5)19(24-4)9-15(13)16/h6-10H,1-5H3. The SMILES string of the molecule is COc1cc2cc(C(C)=O)c3cc(OC)c(OC)cc3c2cc1OC. The number of ether oxygens (including phenoxy) is 4. The number of Topliss-reactive ketones (excluding diaryl/α,β-unsaturated/α-hetero) is 1. The molecule has 0 aliphatic carbocycles. The maximum absolute atomic E-state index is 12.2. The van der Waals surface area contributed by atoms with Gasteiger partial charge in [-0.3, -0.25) is 4.79 Å². The van der Waals surface area contributed by atoms with Gasteiger partial charge in [0.05, 0.1) is 28.4 Å². The largest absolute Gasteiger partial charge is 0.493 e. The first kappa shape index (κ1) is 16.9. The van der Waals surface area contributed by atoms with Gasteiger partial charge in [0.25, 0.3) is 0 Å². The van der Waals surface area contributed by atoms with Gasteiger partial charge in [-0.2, -0.15) is 0 Å². The van der Waals surface area contributed by atoms with Crippen molar-refractivity contribution in [3.8, 4) is 23.0 Å². The van der Waals surface area contributed by atoms with Crippen LogP contribution >= 0.6 is 0 Å². The third-order valence-corrected chi connectivity index (χ3v) is 4.34. The van der Waals surface area contributed by atoms with Crippen molar-refractivity contribution in [2.24, 2.45) is 0 Å². The summed E-state index contributed by atoms with van der Waals surface area (Å²) >= 11 is 0. The molecule has 0 aliphatic rings. The molecule has 0 bridgehead atoms. The molecule has 0 heterocycles. The molecule has 0 unspecified atom stereocenters. The number of hydrogen-bond acceptors (Lipinski definition) is 5. The first-order chi connectivity index (χ1) is 12.0. The zero-order valence-corrected chi connectivity index (χ0v) is 14.9. The lowest BCUT2D eigenvalue weighted by Gasteiger charge is -2.15. The first-order valence-corrected chi connectivity index (χ1v) is 7.79. The van der Waals surface area contributed by atoms with E-state index < -0.39 is 0 Å². The summed E-state index contributed by atoms with van der Waals surface area (Å²) in [6.45, 7) is 1.55. The van der Waals surface area contributed by atoms with Crippen LogP contribution in [0.1, 0.15) is 17.3 Å². The van der Waals surface area contributed by atoms with Crippen molar-refractivity contribution in [2.45, 2.75) is 6.92 Å². The molecule has 0 spiro atoms. The zero-order chi connectivity index (χ0) is 18.1. The molecule has 3 aromatic carbocycles. The van der Waals surface area contributed by atoms with Gasteiger partial charge < -0.3 is 18.9 Å². The summed E-state index contributed by atoms with van der Waals surface area (Å²) in [5.74, 6) is 2.41. The van der Waals surface area contributed by atoms with Crippen LogP contribution in [-0.4, -0.2) is 34.2 Å². The minimum atomic E-state index is -0.0195.